The average Bonchev–Trinajstić information content (AvgIpc) is 3.12. The summed E-state index contributed by atoms with van der Waals surface area (Å²) in [6.07, 6.45) is 0.111. The third-order valence-corrected chi connectivity index (χ3v) is 4.95. The van der Waals surface area contributed by atoms with Gasteiger partial charge in [-0.05, 0) is 23.3 Å². The second-order valence-electron chi connectivity index (χ2n) is 6.01. The first-order valence-corrected chi connectivity index (χ1v) is 9.37. The zero-order chi connectivity index (χ0) is 19.9. The van der Waals surface area contributed by atoms with Crippen molar-refractivity contribution in [3.05, 3.63) is 53.5 Å². The number of amides is 2. The molecule has 0 aliphatic rings. The van der Waals surface area contributed by atoms with E-state index in [2.05, 4.69) is 38.9 Å². The van der Waals surface area contributed by atoms with Crippen LogP contribution in [0.4, 0.5) is 0 Å². The van der Waals surface area contributed by atoms with Crippen LogP contribution < -0.4 is 22.2 Å². The quantitative estimate of drug-likeness (QED) is 0.204. The van der Waals surface area contributed by atoms with Crippen LogP contribution in [-0.2, 0) is 16.0 Å². The molecule has 2 aromatic carbocycles. The number of carbonyl (C=O) groups excluding carboxylic acids is 2. The van der Waals surface area contributed by atoms with Gasteiger partial charge in [0.1, 0.15) is 10.8 Å². The number of hydrogen-bond acceptors (Lipinski definition) is 6. The van der Waals surface area contributed by atoms with Crippen molar-refractivity contribution in [2.45, 2.75) is 6.42 Å². The molecule has 1 aromatic heterocycles. The third-order valence-electron chi connectivity index (χ3n) is 3.93. The first-order valence-electron chi connectivity index (χ1n) is 8.55. The molecule has 0 spiro atoms. The van der Waals surface area contributed by atoms with Crippen LogP contribution in [0.15, 0.2) is 53.6 Å². The van der Waals surface area contributed by atoms with E-state index in [0.29, 0.717) is 5.01 Å². The number of hydrogen-bond donors (Lipinski definition) is 4. The van der Waals surface area contributed by atoms with E-state index in [0.717, 1.165) is 21.3 Å². The molecule has 0 saturated carbocycles. The fraction of sp³-hybridized carbons (Fsp3) is 0.158. The summed E-state index contributed by atoms with van der Waals surface area (Å²) in [7, 11) is 0. The highest BCUT2D eigenvalue weighted by atomic mass is 32.1. The summed E-state index contributed by atoms with van der Waals surface area (Å²) in [6, 6.07) is 16.1. The Morgan fingerprint density at radius 2 is 1.75 bits per heavy atom. The van der Waals surface area contributed by atoms with Gasteiger partial charge in [-0.1, -0.05) is 36.4 Å². The maximum Gasteiger partial charge on any atom is 0.239 e. The van der Waals surface area contributed by atoms with E-state index in [1.807, 2.05) is 30.3 Å². The summed E-state index contributed by atoms with van der Waals surface area (Å²) in [6.45, 7) is -0.118. The van der Waals surface area contributed by atoms with E-state index in [4.69, 9.17) is 11.6 Å². The van der Waals surface area contributed by atoms with Gasteiger partial charge < -0.3 is 22.2 Å². The molecule has 9 heteroatoms. The Morgan fingerprint density at radius 3 is 2.50 bits per heavy atom. The van der Waals surface area contributed by atoms with Crippen LogP contribution in [0.2, 0.25) is 0 Å². The summed E-state index contributed by atoms with van der Waals surface area (Å²) in [5, 5.41) is 8.99. The van der Waals surface area contributed by atoms with Crippen LogP contribution in [0.5, 0.6) is 0 Å². The summed E-state index contributed by atoms with van der Waals surface area (Å²) in [5.74, 6) is 4.42. The minimum absolute atomic E-state index is 0.0345. The van der Waals surface area contributed by atoms with E-state index in [9.17, 15) is 9.59 Å². The molecular formula is C19H20N6O2S. The van der Waals surface area contributed by atoms with Crippen molar-refractivity contribution in [3.63, 3.8) is 0 Å². The Balaban J connectivity index is 1.58. The summed E-state index contributed by atoms with van der Waals surface area (Å²) >= 11 is 1.47. The largest absolute Gasteiger partial charge is 0.384 e. The number of benzene rings is 2. The summed E-state index contributed by atoms with van der Waals surface area (Å²) < 4.78 is 1.01. The average molecular weight is 396 g/mol. The van der Waals surface area contributed by atoms with Crippen molar-refractivity contribution < 1.29 is 9.59 Å². The SMILES string of the molecule is N/N=C(\N)CNC(=O)CNC(=O)Cc1nc2ccc(-c3ccccc3)cc2s1. The van der Waals surface area contributed by atoms with Crippen LogP contribution in [-0.4, -0.2) is 35.7 Å². The maximum atomic E-state index is 12.1. The molecule has 6 N–H and O–H groups in total. The zero-order valence-electron chi connectivity index (χ0n) is 15.0. The lowest BCUT2D eigenvalue weighted by Crippen LogP contribution is -2.41. The van der Waals surface area contributed by atoms with E-state index < -0.39 is 0 Å². The Labute approximate surface area is 165 Å². The minimum Gasteiger partial charge on any atom is -0.384 e. The molecule has 0 fully saturated rings. The Bertz CT molecular complexity index is 1020. The molecule has 0 radical (unpaired) electrons. The number of rotatable bonds is 7. The van der Waals surface area contributed by atoms with Crippen LogP contribution in [0.1, 0.15) is 5.01 Å². The van der Waals surface area contributed by atoms with Gasteiger partial charge in [0, 0.05) is 0 Å². The normalized spacial score (nSPS) is 11.4. The van der Waals surface area contributed by atoms with Gasteiger partial charge in [0.05, 0.1) is 29.7 Å². The Morgan fingerprint density at radius 1 is 1.00 bits per heavy atom. The predicted molar refractivity (Wildman–Crippen MR) is 111 cm³/mol. The number of carbonyl (C=O) groups is 2. The van der Waals surface area contributed by atoms with E-state index in [-0.39, 0.29) is 37.2 Å². The van der Waals surface area contributed by atoms with Crippen molar-refractivity contribution in [2.75, 3.05) is 13.1 Å². The minimum atomic E-state index is -0.378. The molecule has 8 nitrogen and oxygen atoms in total. The lowest BCUT2D eigenvalue weighted by Gasteiger charge is -2.05. The highest BCUT2D eigenvalue weighted by Gasteiger charge is 2.11. The number of nitrogens with zero attached hydrogens (tertiary/aromatic N) is 2. The van der Waals surface area contributed by atoms with Crippen molar-refractivity contribution in [2.24, 2.45) is 16.7 Å². The Hall–Kier alpha value is -3.46. The molecule has 0 aliphatic carbocycles. The molecule has 28 heavy (non-hydrogen) atoms. The van der Waals surface area contributed by atoms with Crippen molar-refractivity contribution in [1.29, 1.82) is 0 Å². The number of fused-ring (bicyclic) bond motifs is 1. The molecule has 2 amide bonds. The van der Waals surface area contributed by atoms with E-state index >= 15 is 0 Å². The van der Waals surface area contributed by atoms with Gasteiger partial charge in [0.2, 0.25) is 11.8 Å². The molecule has 3 rings (SSSR count). The molecule has 0 atom stereocenters. The van der Waals surface area contributed by atoms with Crippen molar-refractivity contribution in [1.82, 2.24) is 15.6 Å². The number of amidine groups is 1. The molecule has 0 saturated heterocycles. The second-order valence-corrected chi connectivity index (χ2v) is 7.12. The van der Waals surface area contributed by atoms with Gasteiger partial charge in [-0.3, -0.25) is 9.59 Å². The monoisotopic (exact) mass is 396 g/mol. The molecule has 1 heterocycles. The van der Waals surface area contributed by atoms with Gasteiger partial charge in [-0.2, -0.15) is 5.10 Å². The number of hydrazone groups is 1. The topological polar surface area (TPSA) is 135 Å². The maximum absolute atomic E-state index is 12.1. The lowest BCUT2D eigenvalue weighted by molar-refractivity contribution is -0.125. The van der Waals surface area contributed by atoms with E-state index in [1.165, 1.54) is 11.3 Å². The van der Waals surface area contributed by atoms with Gasteiger partial charge in [-0.15, -0.1) is 11.3 Å². The van der Waals surface area contributed by atoms with Gasteiger partial charge >= 0.3 is 0 Å². The molecule has 0 aliphatic heterocycles. The first kappa shape index (κ1) is 19.3. The van der Waals surface area contributed by atoms with Gasteiger partial charge in [0.15, 0.2) is 0 Å². The summed E-state index contributed by atoms with van der Waals surface area (Å²) in [5.41, 5.74) is 8.46. The summed E-state index contributed by atoms with van der Waals surface area (Å²) in [4.78, 5) is 28.2. The van der Waals surface area contributed by atoms with Crippen LogP contribution in [0.3, 0.4) is 0 Å². The van der Waals surface area contributed by atoms with Crippen molar-refractivity contribution >= 4 is 39.2 Å². The zero-order valence-corrected chi connectivity index (χ0v) is 15.8. The lowest BCUT2D eigenvalue weighted by atomic mass is 10.1. The van der Waals surface area contributed by atoms with Crippen molar-refractivity contribution in [3.8, 4) is 11.1 Å². The number of aromatic nitrogens is 1. The Kier molecular flexibility index (Phi) is 6.18. The van der Waals surface area contributed by atoms with Crippen LogP contribution >= 0.6 is 11.3 Å². The van der Waals surface area contributed by atoms with Crippen LogP contribution in [0, 0.1) is 0 Å². The molecule has 3 aromatic rings. The standard InChI is InChI=1S/C19H20N6O2S/c20-16(25-21)10-22-18(27)11-23-17(26)9-19-24-14-7-6-13(8-15(14)28-19)12-4-2-1-3-5-12/h1-8H,9-11,21H2,(H2,20,25)(H,22,27)(H,23,26). The highest BCUT2D eigenvalue weighted by Crippen LogP contribution is 2.28. The fourth-order valence-electron chi connectivity index (χ4n) is 2.53. The molecular weight excluding hydrogens is 376 g/mol. The molecule has 0 bridgehead atoms. The van der Waals surface area contributed by atoms with Gasteiger partial charge in [0.25, 0.3) is 0 Å². The first-order chi connectivity index (χ1) is 13.5. The second kappa shape index (κ2) is 8.96. The predicted octanol–water partition coefficient (Wildman–Crippen LogP) is 0.969. The smallest absolute Gasteiger partial charge is 0.239 e. The fourth-order valence-corrected chi connectivity index (χ4v) is 3.54. The molecule has 144 valence electrons. The number of nitrogens with one attached hydrogen (secondary N) is 2. The van der Waals surface area contributed by atoms with Crippen LogP contribution in [0.25, 0.3) is 21.3 Å². The van der Waals surface area contributed by atoms with Gasteiger partial charge in [-0.25, -0.2) is 4.98 Å². The number of nitrogens with two attached hydrogens (primary N) is 2. The molecule has 0 unspecified atom stereocenters. The number of thiazole rings is 1. The highest BCUT2D eigenvalue weighted by molar-refractivity contribution is 7.18. The van der Waals surface area contributed by atoms with E-state index in [1.54, 1.807) is 0 Å². The third kappa shape index (κ3) is 5.04.